The molecule has 2 atom stereocenters. The molecule has 18 heavy (non-hydrogen) atoms. The number of nitrogens with one attached hydrogen (secondary N) is 1. The summed E-state index contributed by atoms with van der Waals surface area (Å²) in [6.45, 7) is 3.43. The number of hydrogen-bond donors (Lipinski definition) is 1. The lowest BCUT2D eigenvalue weighted by Crippen LogP contribution is -2.55. The van der Waals surface area contributed by atoms with E-state index in [-0.39, 0.29) is 11.7 Å². The van der Waals surface area contributed by atoms with Crippen molar-refractivity contribution in [3.8, 4) is 0 Å². The van der Waals surface area contributed by atoms with Crippen LogP contribution in [0.3, 0.4) is 0 Å². The van der Waals surface area contributed by atoms with Crippen molar-refractivity contribution in [3.63, 3.8) is 0 Å². The molecule has 2 unspecified atom stereocenters. The summed E-state index contributed by atoms with van der Waals surface area (Å²) in [6, 6.07) is 2.57. The second-order valence-corrected chi connectivity index (χ2v) is 5.32. The Morgan fingerprint density at radius 3 is 2.78 bits per heavy atom. The van der Waals surface area contributed by atoms with E-state index in [0.29, 0.717) is 12.1 Å². The molecule has 1 aromatic rings. The quantitative estimate of drug-likeness (QED) is 0.800. The SMILES string of the molecule is Cc1ccncc1C(=O)C1CC2COCC(C1)N2. The monoisotopic (exact) mass is 246 g/mol. The van der Waals surface area contributed by atoms with Gasteiger partial charge in [0.05, 0.1) is 13.2 Å². The predicted octanol–water partition coefficient (Wildman–Crippen LogP) is 1.34. The molecule has 0 radical (unpaired) electrons. The molecule has 0 saturated carbocycles. The number of nitrogens with zero attached hydrogens (tertiary/aromatic N) is 1. The Morgan fingerprint density at radius 1 is 1.39 bits per heavy atom. The first kappa shape index (κ1) is 11.8. The second-order valence-electron chi connectivity index (χ2n) is 5.32. The van der Waals surface area contributed by atoms with E-state index in [1.165, 1.54) is 0 Å². The number of aromatic nitrogens is 1. The van der Waals surface area contributed by atoms with Crippen LogP contribution in [-0.2, 0) is 4.74 Å². The molecule has 1 N–H and O–H groups in total. The maximum Gasteiger partial charge on any atom is 0.167 e. The van der Waals surface area contributed by atoms with Crippen LogP contribution in [0.5, 0.6) is 0 Å². The van der Waals surface area contributed by atoms with Gasteiger partial charge in [-0.05, 0) is 31.4 Å². The predicted molar refractivity (Wildman–Crippen MR) is 67.6 cm³/mol. The van der Waals surface area contributed by atoms with E-state index in [1.807, 2.05) is 13.0 Å². The van der Waals surface area contributed by atoms with Gasteiger partial charge in [-0.3, -0.25) is 9.78 Å². The van der Waals surface area contributed by atoms with Gasteiger partial charge < -0.3 is 10.1 Å². The summed E-state index contributed by atoms with van der Waals surface area (Å²) in [6.07, 6.45) is 5.19. The summed E-state index contributed by atoms with van der Waals surface area (Å²) >= 11 is 0. The second kappa shape index (κ2) is 4.78. The third kappa shape index (κ3) is 2.18. The standard InChI is InChI=1S/C14H18N2O2/c1-9-2-3-15-6-13(9)14(17)10-4-11-7-18-8-12(5-10)16-11/h2-3,6,10-12,16H,4-5,7-8H2,1H3. The minimum absolute atomic E-state index is 0.119. The van der Waals surface area contributed by atoms with Gasteiger partial charge >= 0.3 is 0 Å². The van der Waals surface area contributed by atoms with Crippen LogP contribution >= 0.6 is 0 Å². The molecule has 2 fully saturated rings. The third-order valence-corrected chi connectivity index (χ3v) is 3.92. The van der Waals surface area contributed by atoms with Gasteiger partial charge in [0.15, 0.2) is 5.78 Å². The zero-order valence-electron chi connectivity index (χ0n) is 10.6. The molecule has 0 aliphatic carbocycles. The topological polar surface area (TPSA) is 51.2 Å². The number of aryl methyl sites for hydroxylation is 1. The fourth-order valence-corrected chi connectivity index (χ4v) is 2.99. The Labute approximate surface area is 107 Å². The number of piperidine rings is 1. The molecule has 2 aliphatic heterocycles. The molecule has 1 aromatic heterocycles. The average Bonchev–Trinajstić information content (AvgIpc) is 2.38. The van der Waals surface area contributed by atoms with E-state index < -0.39 is 0 Å². The van der Waals surface area contributed by atoms with E-state index in [2.05, 4.69) is 10.3 Å². The van der Waals surface area contributed by atoms with Gasteiger partial charge in [-0.25, -0.2) is 0 Å². The van der Waals surface area contributed by atoms with E-state index in [9.17, 15) is 4.79 Å². The molecule has 2 bridgehead atoms. The number of fused-ring (bicyclic) bond motifs is 2. The minimum Gasteiger partial charge on any atom is -0.378 e. The van der Waals surface area contributed by atoms with E-state index >= 15 is 0 Å². The van der Waals surface area contributed by atoms with Crippen molar-refractivity contribution in [1.29, 1.82) is 0 Å². The molecule has 2 saturated heterocycles. The lowest BCUT2D eigenvalue weighted by Gasteiger charge is -2.39. The van der Waals surface area contributed by atoms with Crippen LogP contribution in [0.1, 0.15) is 28.8 Å². The Kier molecular flexibility index (Phi) is 3.14. The van der Waals surface area contributed by atoms with Crippen molar-refractivity contribution in [1.82, 2.24) is 10.3 Å². The number of rotatable bonds is 2. The number of carbonyl (C=O) groups excluding carboxylic acids is 1. The van der Waals surface area contributed by atoms with Crippen LogP contribution in [0.2, 0.25) is 0 Å². The average molecular weight is 246 g/mol. The van der Waals surface area contributed by atoms with Crippen molar-refractivity contribution in [3.05, 3.63) is 29.6 Å². The summed E-state index contributed by atoms with van der Waals surface area (Å²) in [5.74, 6) is 0.368. The van der Waals surface area contributed by atoms with Crippen LogP contribution in [-0.4, -0.2) is 36.1 Å². The van der Waals surface area contributed by atoms with Crippen LogP contribution in [0.15, 0.2) is 18.5 Å². The fourth-order valence-electron chi connectivity index (χ4n) is 2.99. The fraction of sp³-hybridized carbons (Fsp3) is 0.571. The van der Waals surface area contributed by atoms with E-state index in [0.717, 1.165) is 37.2 Å². The van der Waals surface area contributed by atoms with Gasteiger partial charge in [0.1, 0.15) is 0 Å². The van der Waals surface area contributed by atoms with Crippen LogP contribution < -0.4 is 5.32 Å². The molecule has 3 rings (SSSR count). The highest BCUT2D eigenvalue weighted by Gasteiger charge is 2.35. The molecule has 2 aliphatic rings. The van der Waals surface area contributed by atoms with Crippen molar-refractivity contribution in [2.75, 3.05) is 13.2 Å². The van der Waals surface area contributed by atoms with Gasteiger partial charge in [-0.1, -0.05) is 0 Å². The maximum absolute atomic E-state index is 12.5. The van der Waals surface area contributed by atoms with Crippen LogP contribution in [0, 0.1) is 12.8 Å². The van der Waals surface area contributed by atoms with Crippen molar-refractivity contribution in [2.24, 2.45) is 5.92 Å². The van der Waals surface area contributed by atoms with Crippen LogP contribution in [0.25, 0.3) is 0 Å². The Bertz CT molecular complexity index is 449. The highest BCUT2D eigenvalue weighted by Crippen LogP contribution is 2.27. The molecule has 4 nitrogen and oxygen atoms in total. The normalized spacial score (nSPS) is 31.1. The molecule has 0 spiro atoms. The van der Waals surface area contributed by atoms with Gasteiger partial charge in [-0.15, -0.1) is 0 Å². The number of ether oxygens (including phenoxy) is 1. The first-order valence-electron chi connectivity index (χ1n) is 6.52. The number of hydrogen-bond acceptors (Lipinski definition) is 4. The van der Waals surface area contributed by atoms with Gasteiger partial charge in [0.25, 0.3) is 0 Å². The number of carbonyl (C=O) groups is 1. The van der Waals surface area contributed by atoms with E-state index in [1.54, 1.807) is 12.4 Å². The highest BCUT2D eigenvalue weighted by atomic mass is 16.5. The lowest BCUT2D eigenvalue weighted by molar-refractivity contribution is 0.00951. The molecular formula is C14H18N2O2. The highest BCUT2D eigenvalue weighted by molar-refractivity contribution is 5.98. The first-order chi connectivity index (χ1) is 8.74. The largest absolute Gasteiger partial charge is 0.378 e. The van der Waals surface area contributed by atoms with Crippen LogP contribution in [0.4, 0.5) is 0 Å². The number of pyridine rings is 1. The molecular weight excluding hydrogens is 228 g/mol. The Balaban J connectivity index is 1.79. The number of ketones is 1. The van der Waals surface area contributed by atoms with Gasteiger partial charge in [0.2, 0.25) is 0 Å². The lowest BCUT2D eigenvalue weighted by atomic mass is 9.82. The molecule has 3 heterocycles. The summed E-state index contributed by atoms with van der Waals surface area (Å²) < 4.78 is 5.51. The number of morpholine rings is 1. The minimum atomic E-state index is 0.119. The summed E-state index contributed by atoms with van der Waals surface area (Å²) in [7, 11) is 0. The Morgan fingerprint density at radius 2 is 2.11 bits per heavy atom. The van der Waals surface area contributed by atoms with Gasteiger partial charge in [0, 0.05) is 36.0 Å². The Hall–Kier alpha value is -1.26. The molecule has 4 heteroatoms. The third-order valence-electron chi connectivity index (χ3n) is 3.92. The smallest absolute Gasteiger partial charge is 0.167 e. The molecule has 0 amide bonds. The summed E-state index contributed by atoms with van der Waals surface area (Å²) in [5.41, 5.74) is 1.80. The van der Waals surface area contributed by atoms with Crippen molar-refractivity contribution >= 4 is 5.78 Å². The molecule has 0 aromatic carbocycles. The summed E-state index contributed by atoms with van der Waals surface area (Å²) in [5, 5.41) is 3.51. The molecule has 96 valence electrons. The maximum atomic E-state index is 12.5. The van der Waals surface area contributed by atoms with Crippen molar-refractivity contribution in [2.45, 2.75) is 31.8 Å². The van der Waals surface area contributed by atoms with E-state index in [4.69, 9.17) is 4.74 Å². The van der Waals surface area contributed by atoms with Gasteiger partial charge in [-0.2, -0.15) is 0 Å². The summed E-state index contributed by atoms with van der Waals surface area (Å²) in [4.78, 5) is 16.6. The zero-order chi connectivity index (χ0) is 12.5. The number of Topliss-reactive ketones (excluding diaryl/α,β-unsaturated/α-hetero) is 1. The van der Waals surface area contributed by atoms with Crippen molar-refractivity contribution < 1.29 is 9.53 Å². The first-order valence-corrected chi connectivity index (χ1v) is 6.52. The zero-order valence-corrected chi connectivity index (χ0v) is 10.6.